The molecular formula is C17H21BrN4O3. The van der Waals surface area contributed by atoms with E-state index in [0.29, 0.717) is 30.4 Å². The van der Waals surface area contributed by atoms with Crippen LogP contribution in [0.5, 0.6) is 5.88 Å². The molecule has 1 saturated heterocycles. The van der Waals surface area contributed by atoms with Gasteiger partial charge in [0.1, 0.15) is 12.3 Å². The molecular weight excluding hydrogens is 388 g/mol. The summed E-state index contributed by atoms with van der Waals surface area (Å²) >= 11 is 3.53. The number of ether oxygens (including phenoxy) is 1. The van der Waals surface area contributed by atoms with E-state index in [-0.39, 0.29) is 29.3 Å². The number of likely N-dealkylation sites (tertiary alicyclic amines) is 1. The van der Waals surface area contributed by atoms with Gasteiger partial charge >= 0.3 is 0 Å². The summed E-state index contributed by atoms with van der Waals surface area (Å²) in [4.78, 5) is 33.9. The fraction of sp³-hybridized carbons (Fsp3) is 0.412. The minimum Gasteiger partial charge on any atom is -0.475 e. The first-order valence-corrected chi connectivity index (χ1v) is 8.80. The highest BCUT2D eigenvalue weighted by Crippen LogP contribution is 2.20. The van der Waals surface area contributed by atoms with E-state index in [4.69, 9.17) is 4.74 Å². The molecule has 0 spiro atoms. The van der Waals surface area contributed by atoms with Gasteiger partial charge in [0.25, 0.3) is 5.91 Å². The normalized spacial score (nSPS) is 20.3. The number of hydrogen-bond acceptors (Lipinski definition) is 5. The van der Waals surface area contributed by atoms with Crippen LogP contribution < -0.4 is 10.1 Å². The lowest BCUT2D eigenvalue weighted by Gasteiger charge is -2.27. The van der Waals surface area contributed by atoms with E-state index in [1.165, 1.54) is 6.08 Å². The highest BCUT2D eigenvalue weighted by atomic mass is 79.9. The van der Waals surface area contributed by atoms with Crippen LogP contribution in [0.25, 0.3) is 0 Å². The summed E-state index contributed by atoms with van der Waals surface area (Å²) in [6.45, 7) is 6.14. The summed E-state index contributed by atoms with van der Waals surface area (Å²) in [6, 6.07) is 4.99. The molecule has 1 aromatic rings. The van der Waals surface area contributed by atoms with Gasteiger partial charge in [0.2, 0.25) is 11.8 Å². The zero-order chi connectivity index (χ0) is 18.4. The van der Waals surface area contributed by atoms with Crippen molar-refractivity contribution in [3.8, 4) is 5.88 Å². The van der Waals surface area contributed by atoms with Gasteiger partial charge in [-0.15, -0.1) is 0 Å². The molecule has 2 unspecified atom stereocenters. The maximum Gasteiger partial charge on any atom is 0.268 e. The van der Waals surface area contributed by atoms with Gasteiger partial charge in [0.05, 0.1) is 6.04 Å². The summed E-state index contributed by atoms with van der Waals surface area (Å²) in [6.07, 6.45) is 1.77. The number of amides is 2. The molecule has 2 amide bonds. The molecule has 1 aliphatic heterocycles. The van der Waals surface area contributed by atoms with Crippen molar-refractivity contribution in [1.82, 2.24) is 15.2 Å². The fourth-order valence-corrected chi connectivity index (χ4v) is 3.04. The number of aliphatic imine (C=N–C) groups is 1. The first kappa shape index (κ1) is 19.1. The molecule has 0 saturated carbocycles. The van der Waals surface area contributed by atoms with E-state index in [0.717, 1.165) is 0 Å². The number of piperidine rings is 1. The first-order valence-electron chi connectivity index (χ1n) is 7.89. The zero-order valence-corrected chi connectivity index (χ0v) is 15.8. The van der Waals surface area contributed by atoms with Crippen LogP contribution in [0.1, 0.15) is 13.3 Å². The largest absolute Gasteiger partial charge is 0.475 e. The Balaban J connectivity index is 2.03. The van der Waals surface area contributed by atoms with Crippen molar-refractivity contribution >= 4 is 39.3 Å². The third-order valence-electron chi connectivity index (χ3n) is 3.49. The molecule has 2 rings (SSSR count). The molecule has 25 heavy (non-hydrogen) atoms. The zero-order valence-electron chi connectivity index (χ0n) is 14.2. The van der Waals surface area contributed by atoms with Crippen molar-refractivity contribution < 1.29 is 14.3 Å². The molecule has 2 heterocycles. The average Bonchev–Trinajstić information content (AvgIpc) is 2.57. The maximum atomic E-state index is 12.2. The van der Waals surface area contributed by atoms with Crippen LogP contribution in [0.2, 0.25) is 0 Å². The highest BCUT2D eigenvalue weighted by molar-refractivity contribution is 9.09. The number of pyridine rings is 1. The van der Waals surface area contributed by atoms with Crippen molar-refractivity contribution in [3.05, 3.63) is 30.9 Å². The first-order chi connectivity index (χ1) is 11.9. The van der Waals surface area contributed by atoms with Crippen molar-refractivity contribution in [1.29, 1.82) is 0 Å². The number of nitrogens with one attached hydrogen (secondary N) is 1. The lowest BCUT2D eigenvalue weighted by Crippen LogP contribution is -2.43. The van der Waals surface area contributed by atoms with Gasteiger partial charge < -0.3 is 15.0 Å². The molecule has 134 valence electrons. The summed E-state index contributed by atoms with van der Waals surface area (Å²) in [5.74, 6) is 0.449. The lowest BCUT2D eigenvalue weighted by molar-refractivity contribution is -0.123. The van der Waals surface area contributed by atoms with Crippen LogP contribution in [-0.2, 0) is 9.59 Å². The van der Waals surface area contributed by atoms with Gasteiger partial charge in [-0.3, -0.25) is 9.59 Å². The van der Waals surface area contributed by atoms with Gasteiger partial charge in [0.15, 0.2) is 5.82 Å². The number of rotatable bonds is 6. The molecule has 1 aliphatic rings. The van der Waals surface area contributed by atoms with Crippen molar-refractivity contribution in [3.63, 3.8) is 0 Å². The summed E-state index contributed by atoms with van der Waals surface area (Å²) < 4.78 is 5.58. The van der Waals surface area contributed by atoms with Crippen molar-refractivity contribution in [2.45, 2.75) is 24.2 Å². The molecule has 0 bridgehead atoms. The standard InChI is InChI=1S/C17H21BrN4O3/c1-4-15(23)19-11(2)10-25-16-7-5-6-14(21-16)20-13-8-12(18)9-22(3)17(13)24/h4-7,11-12H,1,8-10H2,2-3H3,(H,19,23). The van der Waals surface area contributed by atoms with Crippen LogP contribution in [-0.4, -0.2) is 58.5 Å². The number of nitrogens with zero attached hydrogens (tertiary/aromatic N) is 3. The predicted octanol–water partition coefficient (Wildman–Crippen LogP) is 1.85. The molecule has 0 aliphatic carbocycles. The minimum absolute atomic E-state index is 0.0930. The monoisotopic (exact) mass is 408 g/mol. The van der Waals surface area contributed by atoms with E-state index in [1.54, 1.807) is 30.1 Å². The highest BCUT2D eigenvalue weighted by Gasteiger charge is 2.27. The Bertz CT molecular complexity index is 692. The van der Waals surface area contributed by atoms with Crippen LogP contribution in [0.15, 0.2) is 35.8 Å². The molecule has 0 aromatic carbocycles. The lowest BCUT2D eigenvalue weighted by atomic mass is 10.1. The van der Waals surface area contributed by atoms with E-state index in [1.807, 2.05) is 6.92 Å². The van der Waals surface area contributed by atoms with Gasteiger partial charge in [-0.2, -0.15) is 4.98 Å². The van der Waals surface area contributed by atoms with Gasteiger partial charge in [-0.25, -0.2) is 4.99 Å². The Labute approximate surface area is 155 Å². The molecule has 2 atom stereocenters. The third-order valence-corrected chi connectivity index (χ3v) is 4.11. The second-order valence-electron chi connectivity index (χ2n) is 5.80. The summed E-state index contributed by atoms with van der Waals surface area (Å²) in [5, 5.41) is 2.70. The van der Waals surface area contributed by atoms with Gasteiger partial charge in [-0.05, 0) is 19.1 Å². The summed E-state index contributed by atoms with van der Waals surface area (Å²) in [7, 11) is 1.75. The number of halogens is 1. The van der Waals surface area contributed by atoms with E-state index in [9.17, 15) is 9.59 Å². The second-order valence-corrected chi connectivity index (χ2v) is 7.10. The Morgan fingerprint density at radius 2 is 2.40 bits per heavy atom. The van der Waals surface area contributed by atoms with Crippen molar-refractivity contribution in [2.75, 3.05) is 20.2 Å². The minimum atomic E-state index is -0.256. The molecule has 1 fully saturated rings. The Morgan fingerprint density at radius 1 is 1.64 bits per heavy atom. The SMILES string of the molecule is C=CC(=O)NC(C)COc1cccc(N=C2CC(Br)CN(C)C2=O)n1. The quantitative estimate of drug-likeness (QED) is 0.574. The van der Waals surface area contributed by atoms with Crippen LogP contribution >= 0.6 is 15.9 Å². The topological polar surface area (TPSA) is 83.9 Å². The number of carbonyl (C=O) groups is 2. The van der Waals surface area contributed by atoms with E-state index >= 15 is 0 Å². The molecule has 1 N–H and O–H groups in total. The predicted molar refractivity (Wildman–Crippen MR) is 99.6 cm³/mol. The van der Waals surface area contributed by atoms with Crippen LogP contribution in [0.3, 0.4) is 0 Å². The van der Waals surface area contributed by atoms with E-state index in [2.05, 4.69) is 37.8 Å². The Hall–Kier alpha value is -2.22. The average molecular weight is 409 g/mol. The molecule has 1 aromatic heterocycles. The fourth-order valence-electron chi connectivity index (χ4n) is 2.29. The number of carbonyl (C=O) groups excluding carboxylic acids is 2. The van der Waals surface area contributed by atoms with Gasteiger partial charge in [0, 0.05) is 30.9 Å². The maximum absolute atomic E-state index is 12.2. The smallest absolute Gasteiger partial charge is 0.268 e. The number of aromatic nitrogens is 1. The number of alkyl halides is 1. The van der Waals surface area contributed by atoms with Gasteiger partial charge in [-0.1, -0.05) is 28.6 Å². The molecule has 0 radical (unpaired) electrons. The second kappa shape index (κ2) is 8.75. The molecule has 7 nitrogen and oxygen atoms in total. The summed E-state index contributed by atoms with van der Waals surface area (Å²) in [5.41, 5.74) is 0.465. The van der Waals surface area contributed by atoms with Crippen LogP contribution in [0.4, 0.5) is 5.82 Å². The molecule has 8 heteroatoms. The third kappa shape index (κ3) is 5.67. The Morgan fingerprint density at radius 3 is 3.12 bits per heavy atom. The Kier molecular flexibility index (Phi) is 6.69. The van der Waals surface area contributed by atoms with Crippen molar-refractivity contribution in [2.24, 2.45) is 4.99 Å². The number of hydrogen-bond donors (Lipinski definition) is 1. The van der Waals surface area contributed by atoms with Crippen LogP contribution in [0, 0.1) is 0 Å². The van der Waals surface area contributed by atoms with E-state index < -0.39 is 0 Å².